The van der Waals surface area contributed by atoms with Crippen LogP contribution in [-0.2, 0) is 6.42 Å². The van der Waals surface area contributed by atoms with Gasteiger partial charge in [0, 0.05) is 12.5 Å². The molecule has 96 valence electrons. The molecule has 1 saturated carbocycles. The highest BCUT2D eigenvalue weighted by molar-refractivity contribution is 6.31. The van der Waals surface area contributed by atoms with E-state index in [1.54, 1.807) is 6.07 Å². The van der Waals surface area contributed by atoms with Crippen LogP contribution in [0, 0.1) is 0 Å². The molecule has 0 saturated heterocycles. The highest BCUT2D eigenvalue weighted by Gasteiger charge is 2.19. The first-order chi connectivity index (χ1) is 8.83. The van der Waals surface area contributed by atoms with Gasteiger partial charge in [0.05, 0.1) is 11.8 Å². The van der Waals surface area contributed by atoms with Gasteiger partial charge in [0.25, 0.3) is 5.89 Å². The lowest BCUT2D eigenvalue weighted by Crippen LogP contribution is -2.17. The van der Waals surface area contributed by atoms with Crippen molar-refractivity contribution < 1.29 is 8.83 Å². The van der Waals surface area contributed by atoms with Crippen LogP contribution in [0.25, 0.3) is 11.5 Å². The first-order valence-electron chi connectivity index (χ1n) is 6.12. The number of aryl methyl sites for hydroxylation is 1. The molecule has 0 aromatic carbocycles. The summed E-state index contributed by atoms with van der Waals surface area (Å²) in [6.45, 7) is 0.995. The van der Waals surface area contributed by atoms with Crippen LogP contribution in [0.5, 0.6) is 0 Å². The molecule has 1 N–H and O–H groups in total. The maximum Gasteiger partial charge on any atom is 0.252 e. The Morgan fingerprint density at radius 3 is 3.00 bits per heavy atom. The van der Waals surface area contributed by atoms with Crippen molar-refractivity contribution in [1.29, 1.82) is 0 Å². The van der Waals surface area contributed by atoms with E-state index in [-0.39, 0.29) is 5.22 Å². The molecule has 0 radical (unpaired) electrons. The van der Waals surface area contributed by atoms with E-state index in [2.05, 4.69) is 15.5 Å². The van der Waals surface area contributed by atoms with Gasteiger partial charge in [-0.15, -0.1) is 10.2 Å². The fourth-order valence-corrected chi connectivity index (χ4v) is 1.94. The molecule has 2 aromatic heterocycles. The van der Waals surface area contributed by atoms with Crippen molar-refractivity contribution in [3.05, 3.63) is 23.4 Å². The van der Waals surface area contributed by atoms with E-state index < -0.39 is 0 Å². The fourth-order valence-electron chi connectivity index (χ4n) is 1.74. The Hall–Kier alpha value is -1.33. The third-order valence-electron chi connectivity index (χ3n) is 2.89. The van der Waals surface area contributed by atoms with Crippen LogP contribution in [0.1, 0.15) is 25.2 Å². The summed E-state index contributed by atoms with van der Waals surface area (Å²) in [5.74, 6) is 1.05. The van der Waals surface area contributed by atoms with E-state index in [1.807, 2.05) is 0 Å². The zero-order valence-corrected chi connectivity index (χ0v) is 10.6. The number of hydrogen-bond acceptors (Lipinski definition) is 5. The van der Waals surface area contributed by atoms with Crippen molar-refractivity contribution in [3.8, 4) is 11.5 Å². The minimum absolute atomic E-state index is 0.278. The molecule has 0 atom stereocenters. The average molecular weight is 268 g/mol. The maximum absolute atomic E-state index is 5.85. The van der Waals surface area contributed by atoms with Gasteiger partial charge in [-0.1, -0.05) is 0 Å². The number of halogens is 1. The molecule has 3 rings (SSSR count). The van der Waals surface area contributed by atoms with E-state index in [1.165, 1.54) is 19.1 Å². The topological polar surface area (TPSA) is 64.1 Å². The standard InChI is InChI=1S/C12H14ClN3O2/c13-11-9(5-7-17-11)12-16-15-10(18-12)2-1-6-14-8-3-4-8/h5,7-8,14H,1-4,6H2. The van der Waals surface area contributed by atoms with Crippen LogP contribution < -0.4 is 5.32 Å². The number of hydrogen-bond donors (Lipinski definition) is 1. The molecule has 0 spiro atoms. The molecule has 2 heterocycles. The summed E-state index contributed by atoms with van der Waals surface area (Å²) < 4.78 is 10.5. The maximum atomic E-state index is 5.85. The molecular weight excluding hydrogens is 254 g/mol. The minimum Gasteiger partial charge on any atom is -0.452 e. The summed E-state index contributed by atoms with van der Waals surface area (Å²) in [6.07, 6.45) is 5.90. The van der Waals surface area contributed by atoms with Gasteiger partial charge in [-0.3, -0.25) is 0 Å². The molecule has 18 heavy (non-hydrogen) atoms. The molecule has 1 aliphatic carbocycles. The second-order valence-electron chi connectivity index (χ2n) is 4.44. The Bertz CT molecular complexity index is 519. The van der Waals surface area contributed by atoms with E-state index in [0.717, 1.165) is 25.4 Å². The summed E-state index contributed by atoms with van der Waals surface area (Å²) in [7, 11) is 0. The number of rotatable bonds is 6. The third-order valence-corrected chi connectivity index (χ3v) is 3.19. The van der Waals surface area contributed by atoms with Crippen LogP contribution in [0.4, 0.5) is 0 Å². The first-order valence-corrected chi connectivity index (χ1v) is 6.50. The molecule has 0 amide bonds. The van der Waals surface area contributed by atoms with E-state index in [4.69, 9.17) is 20.4 Å². The van der Waals surface area contributed by atoms with Gasteiger partial charge in [0.2, 0.25) is 11.1 Å². The highest BCUT2D eigenvalue weighted by atomic mass is 35.5. The summed E-state index contributed by atoms with van der Waals surface area (Å²) in [5, 5.41) is 11.7. The molecule has 6 heteroatoms. The van der Waals surface area contributed by atoms with Crippen molar-refractivity contribution in [3.63, 3.8) is 0 Å². The lowest BCUT2D eigenvalue weighted by molar-refractivity contribution is 0.490. The summed E-state index contributed by atoms with van der Waals surface area (Å²) in [5.41, 5.74) is 0.645. The van der Waals surface area contributed by atoms with Gasteiger partial charge < -0.3 is 14.2 Å². The van der Waals surface area contributed by atoms with Gasteiger partial charge in [0.15, 0.2) is 0 Å². The minimum atomic E-state index is 0.278. The molecule has 0 unspecified atom stereocenters. The quantitative estimate of drug-likeness (QED) is 0.815. The van der Waals surface area contributed by atoms with Crippen molar-refractivity contribution in [2.75, 3.05) is 6.54 Å². The van der Waals surface area contributed by atoms with Crippen LogP contribution in [0.3, 0.4) is 0 Å². The Balaban J connectivity index is 1.54. The number of aromatic nitrogens is 2. The van der Waals surface area contributed by atoms with E-state index in [9.17, 15) is 0 Å². The highest BCUT2D eigenvalue weighted by Crippen LogP contribution is 2.27. The second-order valence-corrected chi connectivity index (χ2v) is 4.78. The van der Waals surface area contributed by atoms with E-state index in [0.29, 0.717) is 17.3 Å². The Labute approximate surface area is 110 Å². The summed E-state index contributed by atoms with van der Waals surface area (Å²) in [4.78, 5) is 0. The fraction of sp³-hybridized carbons (Fsp3) is 0.500. The zero-order chi connectivity index (χ0) is 12.4. The van der Waals surface area contributed by atoms with Crippen molar-refractivity contribution in [1.82, 2.24) is 15.5 Å². The molecular formula is C12H14ClN3O2. The smallest absolute Gasteiger partial charge is 0.252 e. The largest absolute Gasteiger partial charge is 0.452 e. The van der Waals surface area contributed by atoms with Crippen molar-refractivity contribution >= 4 is 11.6 Å². The lowest BCUT2D eigenvalue weighted by atomic mass is 10.3. The molecule has 2 aromatic rings. The Kier molecular flexibility index (Phi) is 3.34. The lowest BCUT2D eigenvalue weighted by Gasteiger charge is -1.99. The molecule has 0 aliphatic heterocycles. The molecule has 0 bridgehead atoms. The summed E-state index contributed by atoms with van der Waals surface area (Å²) in [6, 6.07) is 2.46. The second kappa shape index (κ2) is 5.12. The predicted octanol–water partition coefficient (Wildman–Crippen LogP) is 2.67. The number of furan rings is 1. The number of nitrogens with zero attached hydrogens (tertiary/aromatic N) is 2. The van der Waals surface area contributed by atoms with E-state index >= 15 is 0 Å². The molecule has 1 fully saturated rings. The van der Waals surface area contributed by atoms with Gasteiger partial charge in [-0.05, 0) is 43.5 Å². The van der Waals surface area contributed by atoms with Crippen molar-refractivity contribution in [2.45, 2.75) is 31.7 Å². The van der Waals surface area contributed by atoms with Crippen LogP contribution >= 0.6 is 11.6 Å². The van der Waals surface area contributed by atoms with Gasteiger partial charge in [0.1, 0.15) is 0 Å². The summed E-state index contributed by atoms with van der Waals surface area (Å²) >= 11 is 5.85. The Morgan fingerprint density at radius 2 is 2.28 bits per heavy atom. The molecule has 1 aliphatic rings. The SMILES string of the molecule is Clc1occc1-c1nnc(CCCNC2CC2)o1. The van der Waals surface area contributed by atoms with Crippen LogP contribution in [0.15, 0.2) is 21.2 Å². The van der Waals surface area contributed by atoms with Gasteiger partial charge >= 0.3 is 0 Å². The van der Waals surface area contributed by atoms with Crippen LogP contribution in [0.2, 0.25) is 5.22 Å². The van der Waals surface area contributed by atoms with Gasteiger partial charge in [-0.2, -0.15) is 0 Å². The third kappa shape index (κ3) is 2.73. The number of nitrogens with one attached hydrogen (secondary N) is 1. The monoisotopic (exact) mass is 267 g/mol. The first kappa shape index (κ1) is 11.7. The normalized spacial score (nSPS) is 15.2. The Morgan fingerprint density at radius 1 is 1.39 bits per heavy atom. The predicted molar refractivity (Wildman–Crippen MR) is 66.4 cm³/mol. The zero-order valence-electron chi connectivity index (χ0n) is 9.86. The van der Waals surface area contributed by atoms with Crippen LogP contribution in [-0.4, -0.2) is 22.8 Å². The van der Waals surface area contributed by atoms with Gasteiger partial charge in [-0.25, -0.2) is 0 Å². The van der Waals surface area contributed by atoms with Crippen molar-refractivity contribution in [2.24, 2.45) is 0 Å². The molecule has 5 nitrogen and oxygen atoms in total. The average Bonchev–Trinajstić information content (AvgIpc) is 2.90.